The molecule has 0 fully saturated rings. The van der Waals surface area contributed by atoms with Crippen LogP contribution in [-0.4, -0.2) is 13.1 Å². The van der Waals surface area contributed by atoms with Crippen LogP contribution in [0.15, 0.2) is 23.3 Å². The molecule has 2 heteroatoms. The van der Waals surface area contributed by atoms with Crippen molar-refractivity contribution >= 4 is 5.97 Å². The van der Waals surface area contributed by atoms with Crippen LogP contribution in [0.25, 0.3) is 0 Å². The third-order valence-electron chi connectivity index (χ3n) is 2.60. The van der Waals surface area contributed by atoms with Gasteiger partial charge < -0.3 is 4.74 Å². The summed E-state index contributed by atoms with van der Waals surface area (Å²) < 4.78 is 4.62. The SMILES string of the molecule is COC(=O)CC1=C2C=CC(C2)C1. The second-order valence-electron chi connectivity index (χ2n) is 3.41. The zero-order valence-electron chi connectivity index (χ0n) is 7.17. The van der Waals surface area contributed by atoms with Crippen molar-refractivity contribution in [1.82, 2.24) is 0 Å². The van der Waals surface area contributed by atoms with Crippen LogP contribution in [0.3, 0.4) is 0 Å². The quantitative estimate of drug-likeness (QED) is 0.582. The number of rotatable bonds is 2. The predicted octanol–water partition coefficient (Wildman–Crippen LogP) is 1.83. The maximum Gasteiger partial charge on any atom is 0.309 e. The molecule has 0 aromatic heterocycles. The number of carbonyl (C=O) groups is 1. The van der Waals surface area contributed by atoms with E-state index in [0.29, 0.717) is 12.3 Å². The molecule has 2 nitrogen and oxygen atoms in total. The number of ether oxygens (including phenoxy) is 1. The van der Waals surface area contributed by atoms with Gasteiger partial charge in [0.1, 0.15) is 0 Å². The molecule has 0 aliphatic heterocycles. The lowest BCUT2D eigenvalue weighted by atomic mass is 10.0. The average molecular weight is 164 g/mol. The van der Waals surface area contributed by atoms with E-state index in [9.17, 15) is 4.79 Å². The number of hydrogen-bond acceptors (Lipinski definition) is 2. The van der Waals surface area contributed by atoms with Crippen molar-refractivity contribution < 1.29 is 9.53 Å². The average Bonchev–Trinajstić information content (AvgIpc) is 2.64. The summed E-state index contributed by atoms with van der Waals surface area (Å²) in [6.45, 7) is 0. The standard InChI is InChI=1S/C10H12O2/c1-12-10(11)6-9-5-7-2-3-8(9)4-7/h2-3,7H,4-6H2,1H3. The molecule has 1 unspecified atom stereocenters. The molecule has 1 atom stereocenters. The molecular formula is C10H12O2. The first-order valence-corrected chi connectivity index (χ1v) is 4.25. The minimum Gasteiger partial charge on any atom is -0.469 e. The molecule has 12 heavy (non-hydrogen) atoms. The first kappa shape index (κ1) is 7.59. The van der Waals surface area contributed by atoms with Gasteiger partial charge in [0.05, 0.1) is 13.5 Å². The summed E-state index contributed by atoms with van der Waals surface area (Å²) in [5.41, 5.74) is 2.65. The van der Waals surface area contributed by atoms with Crippen LogP contribution < -0.4 is 0 Å². The van der Waals surface area contributed by atoms with Gasteiger partial charge in [-0.15, -0.1) is 0 Å². The molecule has 0 heterocycles. The molecule has 2 aliphatic carbocycles. The van der Waals surface area contributed by atoms with Gasteiger partial charge in [0.25, 0.3) is 0 Å². The van der Waals surface area contributed by atoms with Gasteiger partial charge in [0, 0.05) is 0 Å². The highest BCUT2D eigenvalue weighted by molar-refractivity contribution is 5.73. The topological polar surface area (TPSA) is 26.3 Å². The van der Waals surface area contributed by atoms with E-state index < -0.39 is 0 Å². The number of esters is 1. The van der Waals surface area contributed by atoms with Crippen molar-refractivity contribution in [2.45, 2.75) is 19.3 Å². The summed E-state index contributed by atoms with van der Waals surface area (Å²) in [5.74, 6) is 0.568. The zero-order chi connectivity index (χ0) is 8.55. The first-order valence-electron chi connectivity index (χ1n) is 4.25. The van der Waals surface area contributed by atoms with Crippen molar-refractivity contribution in [3.8, 4) is 0 Å². The molecule has 0 N–H and O–H groups in total. The maximum absolute atomic E-state index is 11.0. The minimum absolute atomic E-state index is 0.113. The molecule has 0 aromatic carbocycles. The monoisotopic (exact) mass is 164 g/mol. The molecule has 0 spiro atoms. The third kappa shape index (κ3) is 1.17. The molecule has 0 saturated heterocycles. The van der Waals surface area contributed by atoms with Crippen molar-refractivity contribution in [2.24, 2.45) is 5.92 Å². The lowest BCUT2D eigenvalue weighted by Crippen LogP contribution is -2.02. The summed E-state index contributed by atoms with van der Waals surface area (Å²) in [4.78, 5) is 11.0. The number of hydrogen-bond donors (Lipinski definition) is 0. The molecule has 0 radical (unpaired) electrons. The lowest BCUT2D eigenvalue weighted by Gasteiger charge is -2.05. The van der Waals surface area contributed by atoms with E-state index >= 15 is 0 Å². The van der Waals surface area contributed by atoms with Crippen LogP contribution in [0.4, 0.5) is 0 Å². The predicted molar refractivity (Wildman–Crippen MR) is 45.5 cm³/mol. The summed E-state index contributed by atoms with van der Waals surface area (Å²) in [6, 6.07) is 0. The summed E-state index contributed by atoms with van der Waals surface area (Å²) in [6.07, 6.45) is 7.09. The Morgan fingerprint density at radius 3 is 3.00 bits per heavy atom. The van der Waals surface area contributed by atoms with Gasteiger partial charge in [0.15, 0.2) is 0 Å². The largest absolute Gasteiger partial charge is 0.469 e. The second kappa shape index (κ2) is 2.77. The highest BCUT2D eigenvalue weighted by Gasteiger charge is 2.26. The fraction of sp³-hybridized carbons (Fsp3) is 0.500. The number of methoxy groups -OCH3 is 1. The molecule has 0 amide bonds. The van der Waals surface area contributed by atoms with E-state index in [1.54, 1.807) is 0 Å². The van der Waals surface area contributed by atoms with Crippen LogP contribution in [0.2, 0.25) is 0 Å². The lowest BCUT2D eigenvalue weighted by molar-refractivity contribution is -0.139. The Bertz CT molecular complexity index is 274. The number of fused-ring (bicyclic) bond motifs is 2. The normalized spacial score (nSPS) is 25.2. The van der Waals surface area contributed by atoms with Crippen molar-refractivity contribution in [3.63, 3.8) is 0 Å². The Hall–Kier alpha value is -1.05. The van der Waals surface area contributed by atoms with Crippen LogP contribution in [0, 0.1) is 5.92 Å². The molecule has 0 aromatic rings. The highest BCUT2D eigenvalue weighted by Crippen LogP contribution is 2.40. The Morgan fingerprint density at radius 2 is 2.50 bits per heavy atom. The van der Waals surface area contributed by atoms with E-state index in [0.717, 1.165) is 12.8 Å². The van der Waals surface area contributed by atoms with Gasteiger partial charge >= 0.3 is 5.97 Å². The first-order chi connectivity index (χ1) is 5.79. The van der Waals surface area contributed by atoms with Crippen LogP contribution >= 0.6 is 0 Å². The number of carbonyl (C=O) groups excluding carboxylic acids is 1. The summed E-state index contributed by atoms with van der Waals surface area (Å²) >= 11 is 0. The zero-order valence-corrected chi connectivity index (χ0v) is 7.17. The molecule has 2 bridgehead atoms. The molecular weight excluding hydrogens is 152 g/mol. The van der Waals surface area contributed by atoms with E-state index in [-0.39, 0.29) is 5.97 Å². The summed E-state index contributed by atoms with van der Waals surface area (Å²) in [5, 5.41) is 0. The van der Waals surface area contributed by atoms with Gasteiger partial charge in [-0.1, -0.05) is 17.7 Å². The van der Waals surface area contributed by atoms with Gasteiger partial charge in [-0.3, -0.25) is 4.79 Å². The fourth-order valence-corrected chi connectivity index (χ4v) is 1.95. The Balaban J connectivity index is 2.06. The molecule has 0 saturated carbocycles. The fourth-order valence-electron chi connectivity index (χ4n) is 1.95. The smallest absolute Gasteiger partial charge is 0.309 e. The van der Waals surface area contributed by atoms with Gasteiger partial charge in [-0.05, 0) is 24.3 Å². The summed E-state index contributed by atoms with van der Waals surface area (Å²) in [7, 11) is 1.44. The van der Waals surface area contributed by atoms with Crippen LogP contribution in [0.5, 0.6) is 0 Å². The third-order valence-corrected chi connectivity index (χ3v) is 2.60. The van der Waals surface area contributed by atoms with Crippen molar-refractivity contribution in [3.05, 3.63) is 23.3 Å². The second-order valence-corrected chi connectivity index (χ2v) is 3.41. The van der Waals surface area contributed by atoms with Crippen LogP contribution in [-0.2, 0) is 9.53 Å². The Kier molecular flexibility index (Phi) is 1.75. The van der Waals surface area contributed by atoms with Crippen molar-refractivity contribution in [2.75, 3.05) is 7.11 Å². The van der Waals surface area contributed by atoms with E-state index in [1.807, 2.05) is 0 Å². The minimum atomic E-state index is -0.113. The Labute approximate surface area is 71.9 Å². The Morgan fingerprint density at radius 1 is 1.67 bits per heavy atom. The van der Waals surface area contributed by atoms with Crippen molar-refractivity contribution in [1.29, 1.82) is 0 Å². The molecule has 64 valence electrons. The van der Waals surface area contributed by atoms with E-state index in [1.165, 1.54) is 18.3 Å². The maximum atomic E-state index is 11.0. The molecule has 2 aliphatic rings. The van der Waals surface area contributed by atoms with Gasteiger partial charge in [-0.25, -0.2) is 0 Å². The van der Waals surface area contributed by atoms with E-state index in [4.69, 9.17) is 0 Å². The van der Waals surface area contributed by atoms with Gasteiger partial charge in [0.2, 0.25) is 0 Å². The highest BCUT2D eigenvalue weighted by atomic mass is 16.5. The molecule has 2 rings (SSSR count). The number of allylic oxidation sites excluding steroid dienone is 3. The van der Waals surface area contributed by atoms with Gasteiger partial charge in [-0.2, -0.15) is 0 Å². The van der Waals surface area contributed by atoms with E-state index in [2.05, 4.69) is 16.9 Å². The van der Waals surface area contributed by atoms with Crippen LogP contribution in [0.1, 0.15) is 19.3 Å².